The van der Waals surface area contributed by atoms with Crippen LogP contribution in [-0.2, 0) is 14.3 Å². The van der Waals surface area contributed by atoms with Gasteiger partial charge in [-0.25, -0.2) is 0 Å². The first kappa shape index (κ1) is 27.6. The lowest BCUT2D eigenvalue weighted by Crippen LogP contribution is -2.51. The van der Waals surface area contributed by atoms with Crippen molar-refractivity contribution in [1.29, 1.82) is 0 Å². The van der Waals surface area contributed by atoms with E-state index in [0.717, 1.165) is 5.56 Å². The molecule has 2 aromatic rings. The SMILES string of the molecule is COC(=O)C1C(C)=NC(C)=C(C(=O)NCC(C)(C)NCC(O)c2ccccc2)C1c1ccccc1Cl. The van der Waals surface area contributed by atoms with Crippen molar-refractivity contribution in [2.75, 3.05) is 20.2 Å². The highest BCUT2D eigenvalue weighted by Crippen LogP contribution is 2.42. The van der Waals surface area contributed by atoms with Gasteiger partial charge in [-0.2, -0.15) is 0 Å². The molecule has 0 spiro atoms. The summed E-state index contributed by atoms with van der Waals surface area (Å²) in [5, 5.41) is 17.3. The fourth-order valence-corrected chi connectivity index (χ4v) is 4.71. The van der Waals surface area contributed by atoms with E-state index in [1.54, 1.807) is 26.0 Å². The molecular formula is C28H34ClN3O4. The highest BCUT2D eigenvalue weighted by Gasteiger charge is 2.42. The maximum atomic E-state index is 13.6. The van der Waals surface area contributed by atoms with Crippen LogP contribution in [0.5, 0.6) is 0 Å². The molecule has 36 heavy (non-hydrogen) atoms. The summed E-state index contributed by atoms with van der Waals surface area (Å²) in [5.74, 6) is -2.22. The number of β-amino-alcohol motifs (C(OH)–C–C–N with tert-alkyl or cyclic N) is 1. The molecule has 3 rings (SSSR count). The number of aliphatic imine (C=N–C) groups is 1. The molecule has 0 saturated carbocycles. The monoisotopic (exact) mass is 511 g/mol. The van der Waals surface area contributed by atoms with Gasteiger partial charge in [-0.15, -0.1) is 0 Å². The molecule has 0 bridgehead atoms. The largest absolute Gasteiger partial charge is 0.468 e. The van der Waals surface area contributed by atoms with Crippen LogP contribution in [0, 0.1) is 5.92 Å². The number of allylic oxidation sites excluding steroid dienone is 1. The topological polar surface area (TPSA) is 100 Å². The number of carbonyl (C=O) groups is 2. The number of benzene rings is 2. The number of rotatable bonds is 9. The summed E-state index contributed by atoms with van der Waals surface area (Å²) in [4.78, 5) is 30.9. The summed E-state index contributed by atoms with van der Waals surface area (Å²) >= 11 is 6.53. The lowest BCUT2D eigenvalue weighted by atomic mass is 9.75. The van der Waals surface area contributed by atoms with Crippen LogP contribution in [0.25, 0.3) is 0 Å². The van der Waals surface area contributed by atoms with Gasteiger partial charge in [0.05, 0.1) is 13.2 Å². The van der Waals surface area contributed by atoms with Crippen molar-refractivity contribution in [3.8, 4) is 0 Å². The number of amides is 1. The van der Waals surface area contributed by atoms with Gasteiger partial charge in [-0.1, -0.05) is 60.1 Å². The van der Waals surface area contributed by atoms with Crippen molar-refractivity contribution in [2.24, 2.45) is 10.9 Å². The molecule has 1 amide bonds. The number of hydrogen-bond donors (Lipinski definition) is 3. The van der Waals surface area contributed by atoms with Crippen LogP contribution in [0.2, 0.25) is 5.02 Å². The maximum Gasteiger partial charge on any atom is 0.315 e. The third kappa shape index (κ3) is 6.40. The number of ether oxygens (including phenoxy) is 1. The molecule has 0 fully saturated rings. The predicted molar refractivity (Wildman–Crippen MR) is 142 cm³/mol. The first-order valence-corrected chi connectivity index (χ1v) is 12.3. The Morgan fingerprint density at radius 1 is 1.11 bits per heavy atom. The zero-order chi connectivity index (χ0) is 26.5. The zero-order valence-electron chi connectivity index (χ0n) is 21.3. The second-order valence-electron chi connectivity index (χ2n) is 9.63. The first-order chi connectivity index (χ1) is 17.1. The summed E-state index contributed by atoms with van der Waals surface area (Å²) < 4.78 is 5.07. The first-order valence-electron chi connectivity index (χ1n) is 11.9. The number of nitrogens with zero attached hydrogens (tertiary/aromatic N) is 1. The maximum absolute atomic E-state index is 13.6. The van der Waals surface area contributed by atoms with Crippen LogP contribution < -0.4 is 10.6 Å². The van der Waals surface area contributed by atoms with Crippen molar-refractivity contribution in [2.45, 2.75) is 45.3 Å². The van der Waals surface area contributed by atoms with E-state index in [1.165, 1.54) is 7.11 Å². The van der Waals surface area contributed by atoms with E-state index in [0.29, 0.717) is 34.1 Å². The Balaban J connectivity index is 1.80. The van der Waals surface area contributed by atoms with Crippen molar-refractivity contribution < 1.29 is 19.4 Å². The lowest BCUT2D eigenvalue weighted by Gasteiger charge is -2.33. The zero-order valence-corrected chi connectivity index (χ0v) is 22.1. The van der Waals surface area contributed by atoms with Gasteiger partial charge in [0.25, 0.3) is 0 Å². The molecule has 1 aliphatic heterocycles. The second-order valence-corrected chi connectivity index (χ2v) is 10.0. The molecule has 7 nitrogen and oxygen atoms in total. The Hall–Kier alpha value is -3.00. The van der Waals surface area contributed by atoms with E-state index in [4.69, 9.17) is 16.3 Å². The molecule has 3 N–H and O–H groups in total. The van der Waals surface area contributed by atoms with Gasteiger partial charge in [0.1, 0.15) is 5.92 Å². The van der Waals surface area contributed by atoms with Crippen LogP contribution in [0.15, 0.2) is 70.9 Å². The van der Waals surface area contributed by atoms with Gasteiger partial charge in [0.15, 0.2) is 0 Å². The van der Waals surface area contributed by atoms with Crippen molar-refractivity contribution >= 4 is 29.2 Å². The van der Waals surface area contributed by atoms with E-state index >= 15 is 0 Å². The van der Waals surface area contributed by atoms with E-state index < -0.39 is 29.4 Å². The molecule has 0 saturated heterocycles. The number of halogens is 1. The molecule has 1 heterocycles. The molecule has 8 heteroatoms. The molecule has 0 aromatic heterocycles. The summed E-state index contributed by atoms with van der Waals surface area (Å²) in [7, 11) is 1.32. The Labute approximate surface area is 217 Å². The average molecular weight is 512 g/mol. The normalized spacial score (nSPS) is 18.9. The molecule has 1 aliphatic rings. The number of esters is 1. The Morgan fingerprint density at radius 2 is 1.75 bits per heavy atom. The quantitative estimate of drug-likeness (QED) is 0.438. The highest BCUT2D eigenvalue weighted by molar-refractivity contribution is 6.31. The fraction of sp³-hybridized carbons (Fsp3) is 0.393. The minimum absolute atomic E-state index is 0.283. The third-order valence-corrected chi connectivity index (χ3v) is 6.76. The molecule has 192 valence electrons. The van der Waals surface area contributed by atoms with Gasteiger partial charge in [0, 0.05) is 46.6 Å². The summed E-state index contributed by atoms with van der Waals surface area (Å²) in [6.45, 7) is 8.01. The smallest absolute Gasteiger partial charge is 0.315 e. The Morgan fingerprint density at radius 3 is 2.39 bits per heavy atom. The minimum atomic E-state index is -0.772. The van der Waals surface area contributed by atoms with E-state index in [9.17, 15) is 14.7 Å². The molecule has 3 unspecified atom stereocenters. The van der Waals surface area contributed by atoms with Crippen molar-refractivity contribution in [3.63, 3.8) is 0 Å². The van der Waals surface area contributed by atoms with E-state index in [-0.39, 0.29) is 12.5 Å². The van der Waals surface area contributed by atoms with Gasteiger partial charge >= 0.3 is 5.97 Å². The average Bonchev–Trinajstić information content (AvgIpc) is 2.86. The van der Waals surface area contributed by atoms with Gasteiger partial charge in [0.2, 0.25) is 5.91 Å². The standard InChI is InChI=1S/C28H34ClN3O4/c1-17-23(25(20-13-9-10-14-21(20)29)24(18(2)32-17)27(35)36-5)26(34)30-16-28(3,4)31-15-22(33)19-11-7-6-8-12-19/h6-14,22,24-25,31,33H,15-16H2,1-5H3,(H,30,34). The summed E-state index contributed by atoms with van der Waals surface area (Å²) in [6, 6.07) is 16.6. The van der Waals surface area contributed by atoms with Gasteiger partial charge in [-0.05, 0) is 44.9 Å². The molecule has 0 aliphatic carbocycles. The summed E-state index contributed by atoms with van der Waals surface area (Å²) in [5.41, 5.74) is 2.44. The number of methoxy groups -OCH3 is 1. The van der Waals surface area contributed by atoms with Crippen LogP contribution >= 0.6 is 11.6 Å². The third-order valence-electron chi connectivity index (χ3n) is 6.42. The summed E-state index contributed by atoms with van der Waals surface area (Å²) in [6.07, 6.45) is -0.674. The number of aliphatic hydroxyl groups excluding tert-OH is 1. The number of carbonyl (C=O) groups excluding carboxylic acids is 2. The molecular weight excluding hydrogens is 478 g/mol. The fourth-order valence-electron chi connectivity index (χ4n) is 4.45. The van der Waals surface area contributed by atoms with Crippen LogP contribution in [-0.4, -0.2) is 48.4 Å². The van der Waals surface area contributed by atoms with Crippen LogP contribution in [0.1, 0.15) is 50.8 Å². The molecule has 3 atom stereocenters. The van der Waals surface area contributed by atoms with Crippen molar-refractivity contribution in [1.82, 2.24) is 10.6 Å². The Kier molecular flexibility index (Phi) is 9.06. The number of aliphatic hydroxyl groups is 1. The van der Waals surface area contributed by atoms with Gasteiger partial charge < -0.3 is 20.5 Å². The lowest BCUT2D eigenvalue weighted by molar-refractivity contribution is -0.143. The number of nitrogens with one attached hydrogen (secondary N) is 2. The molecule has 0 radical (unpaired) electrons. The Bertz CT molecular complexity index is 1160. The number of hydrogen-bond acceptors (Lipinski definition) is 6. The van der Waals surface area contributed by atoms with Crippen molar-refractivity contribution in [3.05, 3.63) is 82.0 Å². The minimum Gasteiger partial charge on any atom is -0.468 e. The second kappa shape index (κ2) is 11.8. The van der Waals surface area contributed by atoms with E-state index in [1.807, 2.05) is 56.3 Å². The highest BCUT2D eigenvalue weighted by atomic mass is 35.5. The van der Waals surface area contributed by atoms with E-state index in [2.05, 4.69) is 15.6 Å². The van der Waals surface area contributed by atoms with Gasteiger partial charge in [-0.3, -0.25) is 14.6 Å². The van der Waals surface area contributed by atoms with Crippen LogP contribution in [0.4, 0.5) is 0 Å². The van der Waals surface area contributed by atoms with Crippen LogP contribution in [0.3, 0.4) is 0 Å². The predicted octanol–water partition coefficient (Wildman–Crippen LogP) is 4.18. The molecule has 2 aromatic carbocycles.